The highest BCUT2D eigenvalue weighted by Crippen LogP contribution is 2.31. The van der Waals surface area contributed by atoms with Crippen LogP contribution in [0.25, 0.3) is 10.1 Å². The van der Waals surface area contributed by atoms with E-state index in [0.717, 1.165) is 0 Å². The number of aromatic nitrogens is 1. The zero-order valence-electron chi connectivity index (χ0n) is 7.15. The summed E-state index contributed by atoms with van der Waals surface area (Å²) in [6, 6.07) is 0. The molecule has 2 aromatic rings. The molecular formula is C8H4F4N2S. The van der Waals surface area contributed by atoms with Crippen LogP contribution in [0.15, 0.2) is 0 Å². The summed E-state index contributed by atoms with van der Waals surface area (Å²) in [5.41, 5.74) is 5.23. The number of rotatable bonds is 1. The second kappa shape index (κ2) is 3.42. The molecule has 2 nitrogen and oxygen atoms in total. The van der Waals surface area contributed by atoms with Crippen molar-refractivity contribution in [3.63, 3.8) is 0 Å². The van der Waals surface area contributed by atoms with Gasteiger partial charge in [0.05, 0.1) is 15.8 Å². The van der Waals surface area contributed by atoms with Gasteiger partial charge in [-0.2, -0.15) is 4.37 Å². The zero-order valence-corrected chi connectivity index (χ0v) is 7.97. The molecule has 0 amide bonds. The van der Waals surface area contributed by atoms with Gasteiger partial charge in [0.2, 0.25) is 0 Å². The van der Waals surface area contributed by atoms with Gasteiger partial charge in [0.15, 0.2) is 23.3 Å². The number of fused-ring (bicyclic) bond motifs is 1. The lowest BCUT2D eigenvalue weighted by atomic mass is 10.2. The van der Waals surface area contributed by atoms with E-state index in [1.807, 2.05) is 0 Å². The molecule has 0 aliphatic carbocycles. The van der Waals surface area contributed by atoms with Crippen molar-refractivity contribution >= 4 is 21.6 Å². The highest BCUT2D eigenvalue weighted by Gasteiger charge is 2.24. The molecule has 7 heteroatoms. The van der Waals surface area contributed by atoms with Crippen LogP contribution >= 0.6 is 11.5 Å². The molecule has 1 heterocycles. The topological polar surface area (TPSA) is 38.9 Å². The van der Waals surface area contributed by atoms with Gasteiger partial charge in [0.1, 0.15) is 0 Å². The van der Waals surface area contributed by atoms with Crippen LogP contribution in [-0.4, -0.2) is 4.37 Å². The molecule has 80 valence electrons. The Labute approximate surface area is 85.5 Å². The van der Waals surface area contributed by atoms with Crippen molar-refractivity contribution in [2.45, 2.75) is 6.54 Å². The fraction of sp³-hybridized carbons (Fsp3) is 0.125. The molecule has 0 aliphatic rings. The van der Waals surface area contributed by atoms with Crippen LogP contribution in [0.1, 0.15) is 5.69 Å². The molecule has 15 heavy (non-hydrogen) atoms. The Kier molecular flexibility index (Phi) is 2.35. The third-order valence-corrected chi connectivity index (χ3v) is 2.83. The Morgan fingerprint density at radius 1 is 1.00 bits per heavy atom. The maximum absolute atomic E-state index is 13.2. The van der Waals surface area contributed by atoms with Gasteiger partial charge in [-0.25, -0.2) is 17.6 Å². The molecule has 0 bridgehead atoms. The molecule has 0 saturated carbocycles. The molecule has 2 rings (SSSR count). The fourth-order valence-electron chi connectivity index (χ4n) is 1.24. The third-order valence-electron chi connectivity index (χ3n) is 1.95. The van der Waals surface area contributed by atoms with E-state index in [9.17, 15) is 17.6 Å². The first-order valence-corrected chi connectivity index (χ1v) is 4.65. The number of nitrogens with two attached hydrogens (primary N) is 1. The van der Waals surface area contributed by atoms with Gasteiger partial charge < -0.3 is 5.73 Å². The van der Waals surface area contributed by atoms with Crippen LogP contribution in [0.5, 0.6) is 0 Å². The van der Waals surface area contributed by atoms with Gasteiger partial charge in [-0.05, 0) is 11.5 Å². The molecule has 0 spiro atoms. The third kappa shape index (κ3) is 1.30. The smallest absolute Gasteiger partial charge is 0.199 e. The average molecular weight is 236 g/mol. The summed E-state index contributed by atoms with van der Waals surface area (Å²) in [5.74, 6) is -6.54. The van der Waals surface area contributed by atoms with Gasteiger partial charge in [0.25, 0.3) is 0 Å². The quantitative estimate of drug-likeness (QED) is 0.469. The largest absolute Gasteiger partial charge is 0.325 e. The van der Waals surface area contributed by atoms with Crippen molar-refractivity contribution in [2.24, 2.45) is 5.73 Å². The van der Waals surface area contributed by atoms with Crippen molar-refractivity contribution in [1.82, 2.24) is 4.37 Å². The SMILES string of the molecule is NCc1nsc2c(F)c(F)c(F)c(F)c12. The number of benzene rings is 1. The first-order valence-electron chi connectivity index (χ1n) is 3.88. The van der Waals surface area contributed by atoms with Crippen LogP contribution in [-0.2, 0) is 6.54 Å². The van der Waals surface area contributed by atoms with Gasteiger partial charge >= 0.3 is 0 Å². The second-order valence-corrected chi connectivity index (χ2v) is 3.57. The Balaban J connectivity index is 2.97. The second-order valence-electron chi connectivity index (χ2n) is 2.79. The first kappa shape index (κ1) is 10.3. The fourth-order valence-corrected chi connectivity index (χ4v) is 2.08. The standard InChI is InChI=1S/C8H4F4N2S/c9-4-3-2(1-13)14-15-8(3)7(12)6(11)5(4)10/h1,13H2. The van der Waals surface area contributed by atoms with Crippen molar-refractivity contribution in [3.05, 3.63) is 29.0 Å². The van der Waals surface area contributed by atoms with Gasteiger partial charge in [0, 0.05) is 6.54 Å². The monoisotopic (exact) mass is 236 g/mol. The van der Waals surface area contributed by atoms with Crippen molar-refractivity contribution in [3.8, 4) is 0 Å². The minimum absolute atomic E-state index is 0.0188. The Hall–Kier alpha value is -1.21. The predicted molar refractivity (Wildman–Crippen MR) is 47.3 cm³/mol. The van der Waals surface area contributed by atoms with E-state index in [1.165, 1.54) is 0 Å². The van der Waals surface area contributed by atoms with E-state index < -0.39 is 23.3 Å². The number of halogens is 4. The Morgan fingerprint density at radius 2 is 1.60 bits per heavy atom. The lowest BCUT2D eigenvalue weighted by molar-refractivity contribution is 0.418. The minimum atomic E-state index is -1.84. The van der Waals surface area contributed by atoms with Crippen molar-refractivity contribution in [2.75, 3.05) is 0 Å². The van der Waals surface area contributed by atoms with Gasteiger partial charge in [-0.15, -0.1) is 0 Å². The lowest BCUT2D eigenvalue weighted by Crippen LogP contribution is -2.01. The number of nitrogens with zero attached hydrogens (tertiary/aromatic N) is 1. The van der Waals surface area contributed by atoms with Gasteiger partial charge in [-0.1, -0.05) is 0 Å². The van der Waals surface area contributed by atoms with Crippen LogP contribution in [0.3, 0.4) is 0 Å². The Bertz CT molecular complexity index is 537. The molecule has 0 aliphatic heterocycles. The summed E-state index contributed by atoms with van der Waals surface area (Å²) in [6.07, 6.45) is 0. The summed E-state index contributed by atoms with van der Waals surface area (Å²) in [5, 5.41) is -0.376. The van der Waals surface area contributed by atoms with E-state index in [4.69, 9.17) is 5.73 Å². The molecule has 0 unspecified atom stereocenters. The average Bonchev–Trinajstić information content (AvgIpc) is 2.67. The highest BCUT2D eigenvalue weighted by molar-refractivity contribution is 7.13. The Morgan fingerprint density at radius 3 is 2.20 bits per heavy atom. The van der Waals surface area contributed by atoms with Crippen molar-refractivity contribution < 1.29 is 17.6 Å². The van der Waals surface area contributed by atoms with Crippen molar-refractivity contribution in [1.29, 1.82) is 0 Å². The van der Waals surface area contributed by atoms with Gasteiger partial charge in [-0.3, -0.25) is 0 Å². The summed E-state index contributed by atoms with van der Waals surface area (Å²) in [4.78, 5) is 0. The molecule has 1 aromatic carbocycles. The van der Waals surface area contributed by atoms with E-state index in [0.29, 0.717) is 11.5 Å². The molecule has 0 saturated heterocycles. The lowest BCUT2D eigenvalue weighted by Gasteiger charge is -2.00. The molecular weight excluding hydrogens is 232 g/mol. The predicted octanol–water partition coefficient (Wildman–Crippen LogP) is 2.31. The minimum Gasteiger partial charge on any atom is -0.325 e. The van der Waals surface area contributed by atoms with Crippen LogP contribution in [0.4, 0.5) is 17.6 Å². The molecule has 0 atom stereocenters. The summed E-state index contributed by atoms with van der Waals surface area (Å²) < 4.78 is 55.3. The maximum Gasteiger partial charge on any atom is 0.199 e. The molecule has 0 fully saturated rings. The van der Waals surface area contributed by atoms with Crippen LogP contribution in [0.2, 0.25) is 0 Å². The normalized spacial score (nSPS) is 11.3. The van der Waals surface area contributed by atoms with E-state index in [-0.39, 0.29) is 22.3 Å². The van der Waals surface area contributed by atoms with E-state index in [1.54, 1.807) is 0 Å². The molecule has 1 aromatic heterocycles. The molecule has 2 N–H and O–H groups in total. The summed E-state index contributed by atoms with van der Waals surface area (Å²) >= 11 is 0.551. The zero-order chi connectivity index (χ0) is 11.2. The van der Waals surface area contributed by atoms with Crippen LogP contribution < -0.4 is 5.73 Å². The highest BCUT2D eigenvalue weighted by atomic mass is 32.1. The summed E-state index contributed by atoms with van der Waals surface area (Å²) in [6.45, 7) is -0.165. The number of hydrogen-bond donors (Lipinski definition) is 1. The van der Waals surface area contributed by atoms with E-state index in [2.05, 4.69) is 4.37 Å². The number of hydrogen-bond acceptors (Lipinski definition) is 3. The maximum atomic E-state index is 13.2. The van der Waals surface area contributed by atoms with Crippen LogP contribution in [0, 0.1) is 23.3 Å². The molecule has 0 radical (unpaired) electrons. The summed E-state index contributed by atoms with van der Waals surface area (Å²) in [7, 11) is 0. The first-order chi connectivity index (χ1) is 7.07. The van der Waals surface area contributed by atoms with E-state index >= 15 is 0 Å².